The Morgan fingerprint density at radius 3 is 2.62 bits per heavy atom. The lowest BCUT2D eigenvalue weighted by Gasteiger charge is -2.07. The molecular formula is C15H16N4O4S. The molecule has 0 bridgehead atoms. The molecule has 1 aromatic carbocycles. The van der Waals surface area contributed by atoms with Crippen LogP contribution in [0.1, 0.15) is 22.8 Å². The molecule has 1 atom stereocenters. The summed E-state index contributed by atoms with van der Waals surface area (Å²) in [6, 6.07) is 7.81. The average Bonchev–Trinajstić information content (AvgIpc) is 3.14. The van der Waals surface area contributed by atoms with Crippen molar-refractivity contribution in [1.82, 2.24) is 15.1 Å². The van der Waals surface area contributed by atoms with Crippen LogP contribution in [0.15, 0.2) is 42.7 Å². The molecule has 126 valence electrons. The molecule has 24 heavy (non-hydrogen) atoms. The van der Waals surface area contributed by atoms with Gasteiger partial charge in [0.15, 0.2) is 9.84 Å². The number of amides is 3. The van der Waals surface area contributed by atoms with Crippen molar-refractivity contribution in [3.63, 3.8) is 0 Å². The summed E-state index contributed by atoms with van der Waals surface area (Å²) >= 11 is 0. The summed E-state index contributed by atoms with van der Waals surface area (Å²) in [5.41, 5.74) is 0.761. The quantitative estimate of drug-likeness (QED) is 0.866. The lowest BCUT2D eigenvalue weighted by Crippen LogP contribution is -2.34. The van der Waals surface area contributed by atoms with Gasteiger partial charge in [0.25, 0.3) is 5.91 Å². The second kappa shape index (κ2) is 6.44. The number of para-hydroxylation sites is 1. The lowest BCUT2D eigenvalue weighted by atomic mass is 10.2. The first-order valence-corrected chi connectivity index (χ1v) is 9.17. The zero-order valence-corrected chi connectivity index (χ0v) is 13.5. The molecule has 0 aliphatic carbocycles. The molecule has 2 heterocycles. The number of hydrogen-bond acceptors (Lipinski definition) is 5. The first-order chi connectivity index (χ1) is 11.4. The van der Waals surface area contributed by atoms with Crippen LogP contribution in [0.5, 0.6) is 0 Å². The third kappa shape index (κ3) is 3.80. The fourth-order valence-electron chi connectivity index (χ4n) is 2.50. The maximum atomic E-state index is 12.1. The van der Waals surface area contributed by atoms with Crippen LogP contribution in [-0.2, 0) is 9.84 Å². The molecule has 1 fully saturated rings. The zero-order chi connectivity index (χ0) is 17.2. The first-order valence-electron chi connectivity index (χ1n) is 7.35. The zero-order valence-electron chi connectivity index (χ0n) is 12.7. The van der Waals surface area contributed by atoms with E-state index in [4.69, 9.17) is 0 Å². The van der Waals surface area contributed by atoms with E-state index in [1.165, 1.54) is 17.1 Å². The van der Waals surface area contributed by atoms with Crippen molar-refractivity contribution in [1.29, 1.82) is 0 Å². The van der Waals surface area contributed by atoms with E-state index in [9.17, 15) is 18.0 Å². The maximum Gasteiger partial charge on any atom is 0.326 e. The van der Waals surface area contributed by atoms with Crippen molar-refractivity contribution in [2.75, 3.05) is 16.8 Å². The van der Waals surface area contributed by atoms with Crippen LogP contribution in [0.3, 0.4) is 0 Å². The van der Waals surface area contributed by atoms with Crippen LogP contribution in [0, 0.1) is 0 Å². The van der Waals surface area contributed by atoms with Gasteiger partial charge in [-0.2, -0.15) is 5.10 Å². The molecule has 2 N–H and O–H groups in total. The van der Waals surface area contributed by atoms with E-state index >= 15 is 0 Å². The van der Waals surface area contributed by atoms with Gasteiger partial charge in [0.05, 0.1) is 29.3 Å². The Labute approximate surface area is 138 Å². The predicted molar refractivity (Wildman–Crippen MR) is 87.5 cm³/mol. The van der Waals surface area contributed by atoms with Crippen LogP contribution >= 0.6 is 0 Å². The fourth-order valence-corrected chi connectivity index (χ4v) is 4.20. The summed E-state index contributed by atoms with van der Waals surface area (Å²) in [6.45, 7) is 0. The highest BCUT2D eigenvalue weighted by atomic mass is 32.2. The fraction of sp³-hybridized carbons (Fsp3) is 0.267. The van der Waals surface area contributed by atoms with Gasteiger partial charge < -0.3 is 5.32 Å². The van der Waals surface area contributed by atoms with Crippen molar-refractivity contribution in [2.45, 2.75) is 12.5 Å². The van der Waals surface area contributed by atoms with Gasteiger partial charge in [0.1, 0.15) is 0 Å². The van der Waals surface area contributed by atoms with Crippen molar-refractivity contribution in [3.05, 3.63) is 48.3 Å². The largest absolute Gasteiger partial charge is 0.326 e. The molecule has 3 amide bonds. The van der Waals surface area contributed by atoms with Gasteiger partial charge in [-0.25, -0.2) is 13.2 Å². The number of urea groups is 1. The second-order valence-corrected chi connectivity index (χ2v) is 7.77. The number of anilines is 1. The molecule has 8 nitrogen and oxygen atoms in total. The van der Waals surface area contributed by atoms with Gasteiger partial charge in [-0.05, 0) is 18.6 Å². The number of carbonyl (C=O) groups excluding carboxylic acids is 2. The van der Waals surface area contributed by atoms with Gasteiger partial charge in [0, 0.05) is 11.9 Å². The summed E-state index contributed by atoms with van der Waals surface area (Å²) < 4.78 is 24.5. The van der Waals surface area contributed by atoms with Crippen LogP contribution < -0.4 is 10.6 Å². The van der Waals surface area contributed by atoms with Gasteiger partial charge in [-0.15, -0.1) is 0 Å². The minimum absolute atomic E-state index is 0.0181. The van der Waals surface area contributed by atoms with Gasteiger partial charge in [-0.3, -0.25) is 14.8 Å². The van der Waals surface area contributed by atoms with E-state index in [0.717, 1.165) is 0 Å². The molecule has 0 spiro atoms. The van der Waals surface area contributed by atoms with Crippen molar-refractivity contribution >= 4 is 27.5 Å². The Bertz CT molecular complexity index is 861. The standard InChI is InChI=1S/C15H16N4O4S/c20-14(18-15(21)17-12-4-2-1-3-5-12)11-8-16-19(9-11)13-6-7-24(22,23)10-13/h1-5,8-9,13H,6-7,10H2,(H2,17,18,20,21)/t13-/m1/s1. The molecule has 1 saturated heterocycles. The third-order valence-electron chi connectivity index (χ3n) is 3.70. The monoisotopic (exact) mass is 348 g/mol. The topological polar surface area (TPSA) is 110 Å². The summed E-state index contributed by atoms with van der Waals surface area (Å²) in [6.07, 6.45) is 3.24. The molecule has 0 radical (unpaired) electrons. The number of aromatic nitrogens is 2. The average molecular weight is 348 g/mol. The third-order valence-corrected chi connectivity index (χ3v) is 5.46. The smallest absolute Gasteiger partial charge is 0.308 e. The van der Waals surface area contributed by atoms with Crippen LogP contribution in [0.4, 0.5) is 10.5 Å². The Morgan fingerprint density at radius 1 is 1.21 bits per heavy atom. The molecule has 0 saturated carbocycles. The van der Waals surface area contributed by atoms with Gasteiger partial charge in [-0.1, -0.05) is 18.2 Å². The van der Waals surface area contributed by atoms with E-state index in [1.54, 1.807) is 24.3 Å². The number of nitrogens with one attached hydrogen (secondary N) is 2. The highest BCUT2D eigenvalue weighted by Crippen LogP contribution is 2.23. The highest BCUT2D eigenvalue weighted by Gasteiger charge is 2.30. The number of sulfone groups is 1. The minimum atomic E-state index is -3.03. The van der Waals surface area contributed by atoms with E-state index in [1.807, 2.05) is 6.07 Å². The summed E-state index contributed by atoms with van der Waals surface area (Å²) in [7, 11) is -3.03. The molecule has 1 aliphatic rings. The Balaban J connectivity index is 1.61. The Kier molecular flexibility index (Phi) is 4.34. The normalized spacial score (nSPS) is 18.9. The van der Waals surface area contributed by atoms with Crippen molar-refractivity contribution in [2.24, 2.45) is 0 Å². The molecular weight excluding hydrogens is 332 g/mol. The molecule has 1 aliphatic heterocycles. The molecule has 3 rings (SSSR count). The number of benzene rings is 1. The van der Waals surface area contributed by atoms with E-state index in [2.05, 4.69) is 15.7 Å². The van der Waals surface area contributed by atoms with E-state index in [0.29, 0.717) is 12.1 Å². The van der Waals surface area contributed by atoms with E-state index < -0.39 is 21.8 Å². The van der Waals surface area contributed by atoms with Gasteiger partial charge >= 0.3 is 6.03 Å². The molecule has 9 heteroatoms. The molecule has 2 aromatic rings. The molecule has 0 unspecified atom stereocenters. The number of rotatable bonds is 3. The summed E-state index contributed by atoms with van der Waals surface area (Å²) in [5.74, 6) is -0.460. The SMILES string of the molecule is O=C(NC(=O)c1cnn([C@@H]2CCS(=O)(=O)C2)c1)Nc1ccccc1. The minimum Gasteiger partial charge on any atom is -0.308 e. The number of imide groups is 1. The van der Waals surface area contributed by atoms with Crippen molar-refractivity contribution < 1.29 is 18.0 Å². The predicted octanol–water partition coefficient (Wildman–Crippen LogP) is 1.20. The van der Waals surface area contributed by atoms with Crippen LogP contribution in [-0.4, -0.2) is 41.6 Å². The Hall–Kier alpha value is -2.68. The van der Waals surface area contributed by atoms with Gasteiger partial charge in [0.2, 0.25) is 0 Å². The van der Waals surface area contributed by atoms with Crippen molar-refractivity contribution in [3.8, 4) is 0 Å². The maximum absolute atomic E-state index is 12.1. The number of carbonyl (C=O) groups is 2. The lowest BCUT2D eigenvalue weighted by molar-refractivity contribution is 0.0967. The first kappa shape index (κ1) is 16.2. The number of nitrogens with zero attached hydrogens (tertiary/aromatic N) is 2. The summed E-state index contributed by atoms with van der Waals surface area (Å²) in [4.78, 5) is 23.9. The molecule has 1 aromatic heterocycles. The van der Waals surface area contributed by atoms with E-state index in [-0.39, 0.29) is 23.1 Å². The Morgan fingerprint density at radius 2 is 1.96 bits per heavy atom. The van der Waals surface area contributed by atoms with Crippen LogP contribution in [0.2, 0.25) is 0 Å². The highest BCUT2D eigenvalue weighted by molar-refractivity contribution is 7.91. The van der Waals surface area contributed by atoms with Crippen LogP contribution in [0.25, 0.3) is 0 Å². The summed E-state index contributed by atoms with van der Waals surface area (Å²) in [5, 5.41) is 8.78. The number of hydrogen-bond donors (Lipinski definition) is 2. The second-order valence-electron chi connectivity index (χ2n) is 5.54.